The largest absolute Gasteiger partial charge is 0.493 e. The van der Waals surface area contributed by atoms with Gasteiger partial charge in [0.1, 0.15) is 5.75 Å². The van der Waals surface area contributed by atoms with Crippen LogP contribution in [0.1, 0.15) is 28.8 Å². The Bertz CT molecular complexity index is 404. The van der Waals surface area contributed by atoms with Crippen molar-refractivity contribution in [2.75, 3.05) is 19.7 Å². The molecule has 2 rings (SSSR count). The molecule has 1 aliphatic rings. The smallest absolute Gasteiger partial charge is 0.251 e. The minimum atomic E-state index is -0.0169. The summed E-state index contributed by atoms with van der Waals surface area (Å²) in [5.74, 6) is 0.890. The highest BCUT2D eigenvalue weighted by Gasteiger charge is 2.14. The SMILES string of the molecule is NCCCCNC(=O)c1ccc2c(c1)CCO2. The molecule has 0 fully saturated rings. The van der Waals surface area contributed by atoms with Crippen LogP contribution in [0.2, 0.25) is 0 Å². The Morgan fingerprint density at radius 2 is 2.29 bits per heavy atom. The van der Waals surface area contributed by atoms with E-state index >= 15 is 0 Å². The summed E-state index contributed by atoms with van der Waals surface area (Å²) >= 11 is 0. The van der Waals surface area contributed by atoms with Gasteiger partial charge in [0.2, 0.25) is 0 Å². The van der Waals surface area contributed by atoms with Crippen molar-refractivity contribution in [1.29, 1.82) is 0 Å². The van der Waals surface area contributed by atoms with Crippen LogP contribution < -0.4 is 15.8 Å². The van der Waals surface area contributed by atoms with E-state index in [1.165, 1.54) is 0 Å². The van der Waals surface area contributed by atoms with Crippen molar-refractivity contribution in [3.05, 3.63) is 29.3 Å². The zero-order valence-electron chi connectivity index (χ0n) is 9.87. The third-order valence-corrected chi connectivity index (χ3v) is 2.87. The van der Waals surface area contributed by atoms with Gasteiger partial charge in [-0.15, -0.1) is 0 Å². The first-order valence-electron chi connectivity index (χ1n) is 6.05. The molecule has 1 aromatic rings. The number of carbonyl (C=O) groups is 1. The van der Waals surface area contributed by atoms with E-state index in [1.807, 2.05) is 18.2 Å². The van der Waals surface area contributed by atoms with E-state index in [4.69, 9.17) is 10.5 Å². The number of hydrogen-bond acceptors (Lipinski definition) is 3. The first-order valence-corrected chi connectivity index (χ1v) is 6.05. The molecule has 0 atom stereocenters. The molecule has 0 radical (unpaired) electrons. The quantitative estimate of drug-likeness (QED) is 0.750. The second kappa shape index (κ2) is 5.68. The zero-order chi connectivity index (χ0) is 12.1. The first kappa shape index (κ1) is 11.9. The van der Waals surface area contributed by atoms with Gasteiger partial charge in [0.25, 0.3) is 5.91 Å². The summed E-state index contributed by atoms with van der Waals surface area (Å²) in [6.45, 7) is 2.08. The monoisotopic (exact) mass is 234 g/mol. The molecule has 1 heterocycles. The number of rotatable bonds is 5. The van der Waals surface area contributed by atoms with Gasteiger partial charge in [0.15, 0.2) is 0 Å². The summed E-state index contributed by atoms with van der Waals surface area (Å²) < 4.78 is 5.40. The van der Waals surface area contributed by atoms with Crippen molar-refractivity contribution < 1.29 is 9.53 Å². The Hall–Kier alpha value is -1.55. The fourth-order valence-electron chi connectivity index (χ4n) is 1.90. The van der Waals surface area contributed by atoms with Gasteiger partial charge in [-0.1, -0.05) is 0 Å². The number of amides is 1. The standard InChI is InChI=1S/C13H18N2O2/c14-6-1-2-7-15-13(16)11-3-4-12-10(9-11)5-8-17-12/h3-4,9H,1-2,5-8,14H2,(H,15,16). The second-order valence-electron chi connectivity index (χ2n) is 4.17. The average Bonchev–Trinajstić information content (AvgIpc) is 2.81. The van der Waals surface area contributed by atoms with Gasteiger partial charge in [-0.05, 0) is 43.1 Å². The molecule has 1 amide bonds. The molecule has 0 unspecified atom stereocenters. The van der Waals surface area contributed by atoms with E-state index in [0.717, 1.165) is 37.2 Å². The summed E-state index contributed by atoms with van der Waals surface area (Å²) in [6.07, 6.45) is 2.76. The van der Waals surface area contributed by atoms with E-state index in [1.54, 1.807) is 0 Å². The predicted octanol–water partition coefficient (Wildman–Crippen LogP) is 1.09. The van der Waals surface area contributed by atoms with Crippen LogP contribution in [0.4, 0.5) is 0 Å². The van der Waals surface area contributed by atoms with Crippen LogP contribution in [0.15, 0.2) is 18.2 Å². The fraction of sp³-hybridized carbons (Fsp3) is 0.462. The highest BCUT2D eigenvalue weighted by Crippen LogP contribution is 2.25. The van der Waals surface area contributed by atoms with Gasteiger partial charge in [0, 0.05) is 18.5 Å². The molecule has 4 nitrogen and oxygen atoms in total. The molecule has 0 bridgehead atoms. The lowest BCUT2D eigenvalue weighted by atomic mass is 10.1. The van der Waals surface area contributed by atoms with E-state index in [-0.39, 0.29) is 5.91 Å². The maximum Gasteiger partial charge on any atom is 0.251 e. The van der Waals surface area contributed by atoms with Gasteiger partial charge >= 0.3 is 0 Å². The Labute approximate surface area is 101 Å². The molecule has 17 heavy (non-hydrogen) atoms. The van der Waals surface area contributed by atoms with Crippen molar-refractivity contribution >= 4 is 5.91 Å². The molecule has 0 spiro atoms. The molecule has 1 aliphatic heterocycles. The van der Waals surface area contributed by atoms with Gasteiger partial charge in [-0.2, -0.15) is 0 Å². The summed E-state index contributed by atoms with van der Waals surface area (Å²) in [5.41, 5.74) is 7.23. The number of hydrogen-bond donors (Lipinski definition) is 2. The van der Waals surface area contributed by atoms with Crippen LogP contribution in [0.25, 0.3) is 0 Å². The topological polar surface area (TPSA) is 64.3 Å². The second-order valence-corrected chi connectivity index (χ2v) is 4.17. The first-order chi connectivity index (χ1) is 8.31. The molecular weight excluding hydrogens is 216 g/mol. The van der Waals surface area contributed by atoms with Crippen molar-refractivity contribution in [3.8, 4) is 5.75 Å². The number of ether oxygens (including phenoxy) is 1. The normalized spacial score (nSPS) is 13.0. The van der Waals surface area contributed by atoms with E-state index in [0.29, 0.717) is 18.7 Å². The minimum absolute atomic E-state index is 0.0169. The average molecular weight is 234 g/mol. The van der Waals surface area contributed by atoms with Crippen LogP contribution in [0, 0.1) is 0 Å². The molecule has 3 N–H and O–H groups in total. The number of nitrogens with two attached hydrogens (primary N) is 1. The Kier molecular flexibility index (Phi) is 3.98. The molecule has 0 saturated carbocycles. The van der Waals surface area contributed by atoms with Crippen LogP contribution in [0.5, 0.6) is 5.75 Å². The molecule has 4 heteroatoms. The highest BCUT2D eigenvalue weighted by molar-refractivity contribution is 5.94. The van der Waals surface area contributed by atoms with Crippen molar-refractivity contribution in [2.45, 2.75) is 19.3 Å². The summed E-state index contributed by atoms with van der Waals surface area (Å²) in [6, 6.07) is 5.60. The van der Waals surface area contributed by atoms with Gasteiger partial charge < -0.3 is 15.8 Å². The van der Waals surface area contributed by atoms with Gasteiger partial charge in [-0.3, -0.25) is 4.79 Å². The molecule has 0 saturated heterocycles. The molecule has 92 valence electrons. The Morgan fingerprint density at radius 1 is 1.41 bits per heavy atom. The highest BCUT2D eigenvalue weighted by atomic mass is 16.5. The van der Waals surface area contributed by atoms with Gasteiger partial charge in [0.05, 0.1) is 6.61 Å². The predicted molar refractivity (Wildman–Crippen MR) is 66.3 cm³/mol. The third kappa shape index (κ3) is 2.97. The number of nitrogens with one attached hydrogen (secondary N) is 1. The number of carbonyl (C=O) groups excluding carboxylic acids is 1. The number of benzene rings is 1. The van der Waals surface area contributed by atoms with Crippen molar-refractivity contribution in [1.82, 2.24) is 5.32 Å². The van der Waals surface area contributed by atoms with Crippen molar-refractivity contribution in [2.24, 2.45) is 5.73 Å². The van der Waals surface area contributed by atoms with E-state index in [2.05, 4.69) is 5.32 Å². The summed E-state index contributed by atoms with van der Waals surface area (Å²) in [4.78, 5) is 11.8. The van der Waals surface area contributed by atoms with Crippen LogP contribution in [-0.4, -0.2) is 25.6 Å². The lowest BCUT2D eigenvalue weighted by Crippen LogP contribution is -2.24. The van der Waals surface area contributed by atoms with Crippen LogP contribution in [-0.2, 0) is 6.42 Å². The maximum atomic E-state index is 11.8. The molecular formula is C13H18N2O2. The summed E-state index contributed by atoms with van der Waals surface area (Å²) in [5, 5.41) is 2.89. The number of unbranched alkanes of at least 4 members (excludes halogenated alkanes) is 1. The third-order valence-electron chi connectivity index (χ3n) is 2.87. The molecule has 1 aromatic carbocycles. The van der Waals surface area contributed by atoms with E-state index < -0.39 is 0 Å². The Balaban J connectivity index is 1.91. The van der Waals surface area contributed by atoms with Crippen LogP contribution in [0.3, 0.4) is 0 Å². The van der Waals surface area contributed by atoms with Gasteiger partial charge in [-0.25, -0.2) is 0 Å². The molecule has 0 aliphatic carbocycles. The van der Waals surface area contributed by atoms with Crippen LogP contribution >= 0.6 is 0 Å². The van der Waals surface area contributed by atoms with E-state index in [9.17, 15) is 4.79 Å². The fourth-order valence-corrected chi connectivity index (χ4v) is 1.90. The number of fused-ring (bicyclic) bond motifs is 1. The molecule has 0 aromatic heterocycles. The summed E-state index contributed by atoms with van der Waals surface area (Å²) in [7, 11) is 0. The minimum Gasteiger partial charge on any atom is -0.493 e. The Morgan fingerprint density at radius 3 is 3.12 bits per heavy atom. The zero-order valence-corrected chi connectivity index (χ0v) is 9.87. The lowest BCUT2D eigenvalue weighted by molar-refractivity contribution is 0.0953. The maximum absolute atomic E-state index is 11.8. The lowest BCUT2D eigenvalue weighted by Gasteiger charge is -2.06. The van der Waals surface area contributed by atoms with Crippen molar-refractivity contribution in [3.63, 3.8) is 0 Å².